The number of carbonyl (C=O) groups excluding carboxylic acids is 2. The molecule has 0 aliphatic carbocycles. The van der Waals surface area contributed by atoms with Crippen LogP contribution in [0.2, 0.25) is 0 Å². The summed E-state index contributed by atoms with van der Waals surface area (Å²) in [4.78, 5) is 24.6. The van der Waals surface area contributed by atoms with E-state index in [1.807, 2.05) is 25.7 Å². The van der Waals surface area contributed by atoms with Crippen molar-refractivity contribution in [3.05, 3.63) is 0 Å². The summed E-state index contributed by atoms with van der Waals surface area (Å²) in [6, 6.07) is 0. The summed E-state index contributed by atoms with van der Waals surface area (Å²) in [5.74, 6) is 0.437. The second-order valence-electron chi connectivity index (χ2n) is 5.86. The van der Waals surface area contributed by atoms with Gasteiger partial charge in [-0.2, -0.15) is 0 Å². The van der Waals surface area contributed by atoms with Crippen molar-refractivity contribution >= 4 is 12.0 Å². The fraction of sp³-hybridized carbons (Fsp3) is 0.846. The molecular weight excluding hydrogens is 232 g/mol. The normalized spacial score (nSPS) is 20.4. The van der Waals surface area contributed by atoms with Gasteiger partial charge >= 0.3 is 6.09 Å². The van der Waals surface area contributed by atoms with Crippen LogP contribution in [0.25, 0.3) is 0 Å². The van der Waals surface area contributed by atoms with E-state index in [-0.39, 0.29) is 12.0 Å². The zero-order valence-electron chi connectivity index (χ0n) is 11.8. The van der Waals surface area contributed by atoms with Crippen LogP contribution in [0.5, 0.6) is 0 Å². The number of alkyl carbamates (subject to hydrolysis) is 1. The molecule has 2 amide bonds. The van der Waals surface area contributed by atoms with E-state index in [0.29, 0.717) is 12.5 Å². The Balaban J connectivity index is 2.31. The molecular formula is C13H24N2O3. The zero-order chi connectivity index (χ0) is 13.8. The number of likely N-dealkylation sites (tertiary alicyclic amines) is 1. The summed E-state index contributed by atoms with van der Waals surface area (Å²) in [5.41, 5.74) is -0.470. The lowest BCUT2D eigenvalue weighted by Gasteiger charge is -2.32. The molecule has 5 nitrogen and oxygen atoms in total. The molecule has 1 heterocycles. The Hall–Kier alpha value is -1.26. The summed E-state index contributed by atoms with van der Waals surface area (Å²) in [6.07, 6.45) is 1.65. The first-order valence-corrected chi connectivity index (χ1v) is 6.50. The van der Waals surface area contributed by atoms with Gasteiger partial charge in [-0.15, -0.1) is 0 Å². The van der Waals surface area contributed by atoms with Crippen molar-refractivity contribution in [3.63, 3.8) is 0 Å². The maximum atomic E-state index is 11.5. The van der Waals surface area contributed by atoms with Gasteiger partial charge in [0.2, 0.25) is 5.91 Å². The summed E-state index contributed by atoms with van der Waals surface area (Å²) in [6.45, 7) is 9.23. The number of carbonyl (C=O) groups is 2. The minimum atomic E-state index is -0.470. The van der Waals surface area contributed by atoms with Crippen molar-refractivity contribution in [2.75, 3.05) is 19.6 Å². The van der Waals surface area contributed by atoms with Crippen molar-refractivity contribution in [1.82, 2.24) is 10.2 Å². The average Bonchev–Trinajstić information content (AvgIpc) is 2.24. The first-order chi connectivity index (χ1) is 8.28. The molecule has 0 bridgehead atoms. The van der Waals surface area contributed by atoms with E-state index in [2.05, 4.69) is 5.32 Å². The third-order valence-corrected chi connectivity index (χ3v) is 2.90. The Labute approximate surface area is 109 Å². The van der Waals surface area contributed by atoms with Gasteiger partial charge < -0.3 is 15.0 Å². The topological polar surface area (TPSA) is 58.6 Å². The summed E-state index contributed by atoms with van der Waals surface area (Å²) in [7, 11) is 0. The molecule has 0 aromatic rings. The lowest BCUT2D eigenvalue weighted by Crippen LogP contribution is -2.43. The molecule has 1 aliphatic rings. The average molecular weight is 256 g/mol. The fourth-order valence-electron chi connectivity index (χ4n) is 2.06. The lowest BCUT2D eigenvalue weighted by molar-refractivity contribution is -0.130. The van der Waals surface area contributed by atoms with E-state index >= 15 is 0 Å². The zero-order valence-corrected chi connectivity index (χ0v) is 11.8. The highest BCUT2D eigenvalue weighted by atomic mass is 16.6. The summed E-state index contributed by atoms with van der Waals surface area (Å²) in [5, 5.41) is 2.77. The van der Waals surface area contributed by atoms with E-state index in [9.17, 15) is 9.59 Å². The smallest absolute Gasteiger partial charge is 0.407 e. The Bertz CT molecular complexity index is 310. The van der Waals surface area contributed by atoms with Crippen LogP contribution in [0.15, 0.2) is 0 Å². The van der Waals surface area contributed by atoms with E-state index in [4.69, 9.17) is 4.74 Å². The van der Waals surface area contributed by atoms with Gasteiger partial charge in [-0.05, 0) is 39.5 Å². The number of piperidine rings is 1. The van der Waals surface area contributed by atoms with Gasteiger partial charge in [0.1, 0.15) is 5.60 Å². The maximum Gasteiger partial charge on any atom is 0.407 e. The summed E-state index contributed by atoms with van der Waals surface area (Å²) < 4.78 is 5.17. The van der Waals surface area contributed by atoms with Crippen molar-refractivity contribution in [2.45, 2.75) is 46.1 Å². The second kappa shape index (κ2) is 6.07. The molecule has 1 rings (SSSR count). The SMILES string of the molecule is CC(=O)N1CCC[C@@H](CNC(=O)OC(C)(C)C)C1. The minimum absolute atomic E-state index is 0.108. The van der Waals surface area contributed by atoms with Crippen LogP contribution in [0, 0.1) is 5.92 Å². The first kappa shape index (κ1) is 14.8. The highest BCUT2D eigenvalue weighted by molar-refractivity contribution is 5.73. The molecule has 1 saturated heterocycles. The molecule has 0 aromatic heterocycles. The van der Waals surface area contributed by atoms with E-state index in [0.717, 1.165) is 25.9 Å². The highest BCUT2D eigenvalue weighted by Gasteiger charge is 2.23. The highest BCUT2D eigenvalue weighted by Crippen LogP contribution is 2.16. The second-order valence-corrected chi connectivity index (χ2v) is 5.86. The molecule has 1 atom stereocenters. The van der Waals surface area contributed by atoms with Crippen molar-refractivity contribution < 1.29 is 14.3 Å². The standard InChI is InChI=1S/C13H24N2O3/c1-10(16)15-7-5-6-11(9-15)8-14-12(17)18-13(2,3)4/h11H,5-9H2,1-4H3,(H,14,17)/t11-/m0/s1. The number of ether oxygens (including phenoxy) is 1. The molecule has 0 aromatic carbocycles. The van der Waals surface area contributed by atoms with Crippen LogP contribution in [0.4, 0.5) is 4.79 Å². The lowest BCUT2D eigenvalue weighted by atomic mass is 9.98. The number of nitrogens with zero attached hydrogens (tertiary/aromatic N) is 1. The van der Waals surface area contributed by atoms with Crippen molar-refractivity contribution in [1.29, 1.82) is 0 Å². The minimum Gasteiger partial charge on any atom is -0.444 e. The van der Waals surface area contributed by atoms with Crippen LogP contribution in [0.3, 0.4) is 0 Å². The van der Waals surface area contributed by atoms with Gasteiger partial charge in [-0.1, -0.05) is 0 Å². The molecule has 1 N–H and O–H groups in total. The van der Waals surface area contributed by atoms with E-state index in [1.165, 1.54) is 0 Å². The Morgan fingerprint density at radius 1 is 1.39 bits per heavy atom. The first-order valence-electron chi connectivity index (χ1n) is 6.50. The van der Waals surface area contributed by atoms with Crippen LogP contribution in [0.1, 0.15) is 40.5 Å². The molecule has 0 radical (unpaired) electrons. The number of hydrogen-bond acceptors (Lipinski definition) is 3. The quantitative estimate of drug-likeness (QED) is 0.819. The third-order valence-electron chi connectivity index (χ3n) is 2.90. The molecule has 5 heteroatoms. The van der Waals surface area contributed by atoms with Gasteiger partial charge in [0.25, 0.3) is 0 Å². The number of nitrogens with one attached hydrogen (secondary N) is 1. The van der Waals surface area contributed by atoms with Crippen LogP contribution < -0.4 is 5.32 Å². The van der Waals surface area contributed by atoms with Crippen LogP contribution in [-0.2, 0) is 9.53 Å². The Kier molecular flexibility index (Phi) is 4.99. The summed E-state index contributed by atoms with van der Waals surface area (Å²) >= 11 is 0. The monoisotopic (exact) mass is 256 g/mol. The largest absolute Gasteiger partial charge is 0.444 e. The molecule has 0 unspecified atom stereocenters. The number of rotatable bonds is 2. The maximum absolute atomic E-state index is 11.5. The molecule has 1 fully saturated rings. The van der Waals surface area contributed by atoms with Gasteiger partial charge in [0, 0.05) is 26.6 Å². The van der Waals surface area contributed by atoms with Crippen molar-refractivity contribution in [2.24, 2.45) is 5.92 Å². The molecule has 104 valence electrons. The molecule has 0 spiro atoms. The van der Waals surface area contributed by atoms with Gasteiger partial charge in [0.05, 0.1) is 0 Å². The van der Waals surface area contributed by atoms with Crippen LogP contribution >= 0.6 is 0 Å². The van der Waals surface area contributed by atoms with Crippen molar-refractivity contribution in [3.8, 4) is 0 Å². The predicted molar refractivity (Wildman–Crippen MR) is 69.2 cm³/mol. The molecule has 1 aliphatic heterocycles. The predicted octanol–water partition coefficient (Wildman–Crippen LogP) is 1.77. The van der Waals surface area contributed by atoms with Gasteiger partial charge in [-0.25, -0.2) is 4.79 Å². The third kappa shape index (κ3) is 5.38. The Morgan fingerprint density at radius 3 is 2.61 bits per heavy atom. The fourth-order valence-corrected chi connectivity index (χ4v) is 2.06. The number of hydrogen-bond donors (Lipinski definition) is 1. The molecule has 18 heavy (non-hydrogen) atoms. The van der Waals surface area contributed by atoms with Crippen LogP contribution in [-0.4, -0.2) is 42.1 Å². The molecule has 0 saturated carbocycles. The van der Waals surface area contributed by atoms with E-state index < -0.39 is 5.60 Å². The number of amides is 2. The Morgan fingerprint density at radius 2 is 2.06 bits per heavy atom. The van der Waals surface area contributed by atoms with E-state index in [1.54, 1.807) is 6.92 Å². The van der Waals surface area contributed by atoms with Gasteiger partial charge in [0.15, 0.2) is 0 Å². The van der Waals surface area contributed by atoms with Gasteiger partial charge in [-0.3, -0.25) is 4.79 Å².